The number of sulfonamides is 1. The summed E-state index contributed by atoms with van der Waals surface area (Å²) in [5.41, 5.74) is 0.293. The van der Waals surface area contributed by atoms with Gasteiger partial charge < -0.3 is 15.0 Å². The highest BCUT2D eigenvalue weighted by Gasteiger charge is 2.18. The number of aromatic amines is 1. The van der Waals surface area contributed by atoms with Gasteiger partial charge in [0.05, 0.1) is 17.5 Å². The Morgan fingerprint density at radius 3 is 2.96 bits per heavy atom. The van der Waals surface area contributed by atoms with Crippen LogP contribution in [0.25, 0.3) is 0 Å². The van der Waals surface area contributed by atoms with Crippen molar-refractivity contribution >= 4 is 15.9 Å². The smallest absolute Gasteiger partial charge is 0.251 e. The van der Waals surface area contributed by atoms with E-state index in [2.05, 4.69) is 20.0 Å². The summed E-state index contributed by atoms with van der Waals surface area (Å²) in [6.07, 6.45) is 6.25. The van der Waals surface area contributed by atoms with Gasteiger partial charge in [0.15, 0.2) is 0 Å². The quantitative estimate of drug-likeness (QED) is 0.670. The van der Waals surface area contributed by atoms with Crippen molar-refractivity contribution in [3.8, 4) is 0 Å². The van der Waals surface area contributed by atoms with Gasteiger partial charge in [-0.3, -0.25) is 4.79 Å². The van der Waals surface area contributed by atoms with Crippen LogP contribution in [0.1, 0.15) is 35.4 Å². The van der Waals surface area contributed by atoms with E-state index in [4.69, 9.17) is 4.74 Å². The van der Waals surface area contributed by atoms with Gasteiger partial charge in [0.2, 0.25) is 10.0 Å². The van der Waals surface area contributed by atoms with Crippen molar-refractivity contribution in [2.75, 3.05) is 13.2 Å². The summed E-state index contributed by atoms with van der Waals surface area (Å²) in [7, 11) is -3.74. The molecule has 2 aromatic rings. The molecule has 1 amide bonds. The molecule has 9 heteroatoms. The molecule has 1 aliphatic heterocycles. The van der Waals surface area contributed by atoms with Crippen LogP contribution in [0.4, 0.5) is 0 Å². The highest BCUT2D eigenvalue weighted by atomic mass is 32.2. The minimum Gasteiger partial charge on any atom is -0.376 e. The molecule has 0 aliphatic carbocycles. The van der Waals surface area contributed by atoms with Gasteiger partial charge in [-0.15, -0.1) is 0 Å². The molecular weight excluding hydrogens is 356 g/mol. The van der Waals surface area contributed by atoms with Crippen LogP contribution in [0.3, 0.4) is 0 Å². The van der Waals surface area contributed by atoms with Crippen LogP contribution in [-0.4, -0.2) is 43.5 Å². The molecule has 140 valence electrons. The van der Waals surface area contributed by atoms with Crippen LogP contribution in [-0.2, 0) is 21.3 Å². The fraction of sp³-hybridized carbons (Fsp3) is 0.412. The lowest BCUT2D eigenvalue weighted by Crippen LogP contribution is -2.35. The van der Waals surface area contributed by atoms with Gasteiger partial charge >= 0.3 is 0 Å². The van der Waals surface area contributed by atoms with Crippen molar-refractivity contribution in [2.24, 2.45) is 0 Å². The van der Waals surface area contributed by atoms with E-state index in [-0.39, 0.29) is 23.5 Å². The number of rotatable bonds is 7. The first-order valence-corrected chi connectivity index (χ1v) is 10.0. The van der Waals surface area contributed by atoms with E-state index in [1.54, 1.807) is 24.5 Å². The molecule has 1 fully saturated rings. The van der Waals surface area contributed by atoms with E-state index in [9.17, 15) is 13.2 Å². The Morgan fingerprint density at radius 2 is 2.23 bits per heavy atom. The Labute approximate surface area is 152 Å². The lowest BCUT2D eigenvalue weighted by molar-refractivity contribution is 0.0169. The number of aromatic nitrogens is 2. The Bertz CT molecular complexity index is 830. The number of carbonyl (C=O) groups excluding carboxylic acids is 1. The highest BCUT2D eigenvalue weighted by Crippen LogP contribution is 2.14. The van der Waals surface area contributed by atoms with Crippen molar-refractivity contribution in [3.63, 3.8) is 0 Å². The third kappa shape index (κ3) is 4.90. The van der Waals surface area contributed by atoms with Gasteiger partial charge in [0.1, 0.15) is 5.82 Å². The standard InChI is InChI=1S/C17H22N4O4S/c22-17(20-11-14-5-1-2-9-25-14)13-4-3-6-15(10-13)26(23,24)21-12-16-18-7-8-19-16/h3-4,6-8,10,14,21H,1-2,5,9,11-12H2,(H,18,19)(H,20,22)/t14-/m1/s1. The number of H-pyrrole nitrogens is 1. The molecule has 1 saturated heterocycles. The zero-order valence-corrected chi connectivity index (χ0v) is 15.1. The first-order chi connectivity index (χ1) is 12.5. The second-order valence-corrected chi connectivity index (χ2v) is 7.85. The number of ether oxygens (including phenoxy) is 1. The monoisotopic (exact) mass is 378 g/mol. The SMILES string of the molecule is O=C(NC[C@H]1CCCCO1)c1cccc(S(=O)(=O)NCc2ncc[nH]2)c1. The van der Waals surface area contributed by atoms with Crippen LogP contribution in [0.2, 0.25) is 0 Å². The van der Waals surface area contributed by atoms with Crippen molar-refractivity contribution in [1.82, 2.24) is 20.0 Å². The minimum absolute atomic E-state index is 0.0228. The summed E-state index contributed by atoms with van der Waals surface area (Å²) in [4.78, 5) is 19.1. The number of nitrogens with zero attached hydrogens (tertiary/aromatic N) is 1. The molecule has 0 saturated carbocycles. The zero-order valence-electron chi connectivity index (χ0n) is 14.3. The Hall–Kier alpha value is -2.23. The number of benzene rings is 1. The summed E-state index contributed by atoms with van der Waals surface area (Å²) < 4.78 is 32.8. The largest absolute Gasteiger partial charge is 0.376 e. The number of nitrogens with one attached hydrogen (secondary N) is 3. The number of amides is 1. The maximum atomic E-state index is 12.4. The highest BCUT2D eigenvalue weighted by molar-refractivity contribution is 7.89. The second-order valence-electron chi connectivity index (χ2n) is 6.09. The van der Waals surface area contributed by atoms with Gasteiger partial charge in [-0.25, -0.2) is 18.1 Å². The van der Waals surface area contributed by atoms with Crippen molar-refractivity contribution in [2.45, 2.75) is 36.8 Å². The lowest BCUT2D eigenvalue weighted by atomic mass is 10.1. The summed E-state index contributed by atoms with van der Waals surface area (Å²) in [5, 5.41) is 2.81. The van der Waals surface area contributed by atoms with Crippen LogP contribution < -0.4 is 10.0 Å². The van der Waals surface area contributed by atoms with Gasteiger partial charge in [-0.1, -0.05) is 6.07 Å². The third-order valence-corrected chi connectivity index (χ3v) is 5.55. The van der Waals surface area contributed by atoms with Crippen molar-refractivity contribution in [3.05, 3.63) is 48.0 Å². The van der Waals surface area contributed by atoms with E-state index in [0.29, 0.717) is 17.9 Å². The molecule has 0 bridgehead atoms. The molecule has 0 spiro atoms. The average Bonchev–Trinajstić information content (AvgIpc) is 3.19. The maximum Gasteiger partial charge on any atom is 0.251 e. The average molecular weight is 378 g/mol. The van der Waals surface area contributed by atoms with E-state index in [1.807, 2.05) is 0 Å². The van der Waals surface area contributed by atoms with Crippen LogP contribution in [0.15, 0.2) is 41.6 Å². The van der Waals surface area contributed by atoms with Crippen LogP contribution in [0.5, 0.6) is 0 Å². The molecule has 1 aliphatic rings. The molecule has 26 heavy (non-hydrogen) atoms. The molecule has 3 N–H and O–H groups in total. The zero-order chi connectivity index (χ0) is 18.4. The maximum absolute atomic E-state index is 12.4. The molecule has 8 nitrogen and oxygen atoms in total. The summed E-state index contributed by atoms with van der Waals surface area (Å²) in [6, 6.07) is 5.95. The fourth-order valence-corrected chi connectivity index (χ4v) is 3.76. The van der Waals surface area contributed by atoms with E-state index < -0.39 is 10.0 Å². The predicted octanol–water partition coefficient (Wildman–Crippen LogP) is 1.19. The second kappa shape index (κ2) is 8.43. The predicted molar refractivity (Wildman–Crippen MR) is 95.0 cm³/mol. The van der Waals surface area contributed by atoms with E-state index in [1.165, 1.54) is 12.1 Å². The number of hydrogen-bond acceptors (Lipinski definition) is 5. The summed E-state index contributed by atoms with van der Waals surface area (Å²) >= 11 is 0. The van der Waals surface area contributed by atoms with E-state index >= 15 is 0 Å². The molecule has 0 radical (unpaired) electrons. The fourth-order valence-electron chi connectivity index (χ4n) is 2.72. The van der Waals surface area contributed by atoms with E-state index in [0.717, 1.165) is 25.9 Å². The molecule has 0 unspecified atom stereocenters. The molecule has 3 rings (SSSR count). The molecular formula is C17H22N4O4S. The normalized spacial score (nSPS) is 17.8. The summed E-state index contributed by atoms with van der Waals surface area (Å²) in [5.74, 6) is 0.192. The molecule has 1 atom stereocenters. The Balaban J connectivity index is 1.61. The molecule has 2 heterocycles. The number of hydrogen-bond donors (Lipinski definition) is 3. The Morgan fingerprint density at radius 1 is 1.35 bits per heavy atom. The third-order valence-electron chi connectivity index (χ3n) is 4.16. The van der Waals surface area contributed by atoms with Crippen LogP contribution >= 0.6 is 0 Å². The first kappa shape index (κ1) is 18.6. The molecule has 1 aromatic heterocycles. The van der Waals surface area contributed by atoms with Crippen molar-refractivity contribution < 1.29 is 17.9 Å². The first-order valence-electron chi connectivity index (χ1n) is 8.52. The van der Waals surface area contributed by atoms with Gasteiger partial charge in [-0.2, -0.15) is 0 Å². The Kier molecular flexibility index (Phi) is 6.02. The molecule has 1 aromatic carbocycles. The van der Waals surface area contributed by atoms with Gasteiger partial charge in [-0.05, 0) is 37.5 Å². The lowest BCUT2D eigenvalue weighted by Gasteiger charge is -2.22. The van der Waals surface area contributed by atoms with Gasteiger partial charge in [0, 0.05) is 31.1 Å². The van der Waals surface area contributed by atoms with Crippen LogP contribution in [0, 0.1) is 0 Å². The number of carbonyl (C=O) groups is 1. The minimum atomic E-state index is -3.74. The van der Waals surface area contributed by atoms with Gasteiger partial charge in [0.25, 0.3) is 5.91 Å². The van der Waals surface area contributed by atoms with Crippen molar-refractivity contribution in [1.29, 1.82) is 0 Å². The summed E-state index contributed by atoms with van der Waals surface area (Å²) in [6.45, 7) is 1.19. The number of imidazole rings is 1. The topological polar surface area (TPSA) is 113 Å².